The molecule has 6 heteroatoms. The van der Waals surface area contributed by atoms with Crippen LogP contribution in [-0.2, 0) is 10.2 Å². The van der Waals surface area contributed by atoms with Crippen molar-refractivity contribution in [1.82, 2.24) is 5.32 Å². The average molecular weight is 476 g/mol. The molecular weight excluding hydrogens is 442 g/mol. The number of benzene rings is 3. The van der Waals surface area contributed by atoms with Crippen LogP contribution in [0, 0.1) is 0 Å². The molecular formula is C29H33NO5. The van der Waals surface area contributed by atoms with E-state index in [-0.39, 0.29) is 12.5 Å². The molecule has 2 N–H and O–H groups in total. The van der Waals surface area contributed by atoms with Gasteiger partial charge in [-0.25, -0.2) is 0 Å². The van der Waals surface area contributed by atoms with Gasteiger partial charge < -0.3 is 24.6 Å². The Morgan fingerprint density at radius 1 is 0.800 bits per heavy atom. The monoisotopic (exact) mass is 475 g/mol. The molecule has 0 saturated carbocycles. The Bertz CT molecular complexity index is 990. The van der Waals surface area contributed by atoms with Gasteiger partial charge in [-0.15, -0.1) is 0 Å². The van der Waals surface area contributed by atoms with E-state index < -0.39 is 11.4 Å². The Morgan fingerprint density at radius 2 is 1.17 bits per heavy atom. The number of hydrogen-bond acceptors (Lipinski definition) is 5. The van der Waals surface area contributed by atoms with Gasteiger partial charge in [0.15, 0.2) is 0 Å². The highest BCUT2D eigenvalue weighted by Gasteiger charge is 2.34. The fourth-order valence-electron chi connectivity index (χ4n) is 4.19. The van der Waals surface area contributed by atoms with Gasteiger partial charge >= 0.3 is 5.97 Å². The van der Waals surface area contributed by atoms with Crippen LogP contribution in [0.5, 0.6) is 17.2 Å². The van der Waals surface area contributed by atoms with Gasteiger partial charge in [0, 0.05) is 12.6 Å². The molecule has 0 radical (unpaired) electrons. The quantitative estimate of drug-likeness (QED) is 0.282. The lowest BCUT2D eigenvalue weighted by molar-refractivity contribution is -0.137. The highest BCUT2D eigenvalue weighted by molar-refractivity contribution is 5.67. The number of ether oxygens (including phenoxy) is 3. The van der Waals surface area contributed by atoms with Gasteiger partial charge in [0.05, 0.1) is 33.2 Å². The Morgan fingerprint density at radius 3 is 1.49 bits per heavy atom. The molecule has 0 aliphatic rings. The zero-order chi connectivity index (χ0) is 25.3. The number of carboxylic acid groups (broad SMARTS) is 1. The summed E-state index contributed by atoms with van der Waals surface area (Å²) in [6.07, 6.45) is 4.28. The summed E-state index contributed by atoms with van der Waals surface area (Å²) >= 11 is 0. The highest BCUT2D eigenvalue weighted by atomic mass is 16.5. The van der Waals surface area contributed by atoms with Crippen molar-refractivity contribution < 1.29 is 24.1 Å². The summed E-state index contributed by atoms with van der Waals surface area (Å²) < 4.78 is 16.2. The predicted octanol–water partition coefficient (Wildman–Crippen LogP) is 5.06. The zero-order valence-electron chi connectivity index (χ0n) is 20.7. The molecule has 3 aromatic carbocycles. The third kappa shape index (κ3) is 6.22. The van der Waals surface area contributed by atoms with E-state index in [4.69, 9.17) is 19.3 Å². The van der Waals surface area contributed by atoms with Crippen molar-refractivity contribution in [1.29, 1.82) is 0 Å². The van der Waals surface area contributed by atoms with Crippen LogP contribution in [0.2, 0.25) is 0 Å². The number of allylic oxidation sites excluding steroid dienone is 1. The molecule has 3 rings (SSSR count). The lowest BCUT2D eigenvalue weighted by atomic mass is 9.69. The maximum atomic E-state index is 11.0. The number of rotatable bonds is 12. The van der Waals surface area contributed by atoms with Gasteiger partial charge in [0.25, 0.3) is 0 Å². The number of carbonyl (C=O) groups is 1. The van der Waals surface area contributed by atoms with Crippen LogP contribution in [0.15, 0.2) is 84.9 Å². The van der Waals surface area contributed by atoms with Gasteiger partial charge in [-0.1, -0.05) is 48.6 Å². The van der Waals surface area contributed by atoms with Crippen LogP contribution in [0.4, 0.5) is 0 Å². The van der Waals surface area contributed by atoms with Crippen molar-refractivity contribution in [2.75, 3.05) is 27.9 Å². The third-order valence-electron chi connectivity index (χ3n) is 6.07. The molecule has 1 unspecified atom stereocenters. The Kier molecular flexibility index (Phi) is 8.92. The fourth-order valence-corrected chi connectivity index (χ4v) is 4.19. The largest absolute Gasteiger partial charge is 0.497 e. The summed E-state index contributed by atoms with van der Waals surface area (Å²) in [6, 6.07) is 24.0. The van der Waals surface area contributed by atoms with E-state index >= 15 is 0 Å². The Labute approximate surface area is 207 Å². The van der Waals surface area contributed by atoms with Gasteiger partial charge in [0.1, 0.15) is 17.2 Å². The lowest BCUT2D eigenvalue weighted by Crippen LogP contribution is -2.30. The van der Waals surface area contributed by atoms with Crippen LogP contribution < -0.4 is 19.5 Å². The second-order valence-electron chi connectivity index (χ2n) is 8.30. The standard InChI is InChI=1S/C29H33NO5/c1-21(20-28(31)32)30-19-5-18-29(22-6-12-25(33-2)13-7-22,23-8-14-26(34-3)15-9-23)24-10-16-27(35-4)17-11-24/h5-18,21,30H,19-20H2,1-4H3,(H,31,32)/b18-5+. The molecule has 0 aliphatic heterocycles. The van der Waals surface area contributed by atoms with E-state index in [9.17, 15) is 4.79 Å². The smallest absolute Gasteiger partial charge is 0.304 e. The minimum Gasteiger partial charge on any atom is -0.497 e. The average Bonchev–Trinajstić information content (AvgIpc) is 2.89. The van der Waals surface area contributed by atoms with Crippen molar-refractivity contribution in [2.45, 2.75) is 24.8 Å². The summed E-state index contributed by atoms with van der Waals surface area (Å²) in [5, 5.41) is 12.3. The van der Waals surface area contributed by atoms with E-state index in [0.29, 0.717) is 6.54 Å². The molecule has 0 fully saturated rings. The molecule has 1 atom stereocenters. The van der Waals surface area contributed by atoms with Gasteiger partial charge in [-0.05, 0) is 60.0 Å². The van der Waals surface area contributed by atoms with Crippen molar-refractivity contribution in [3.63, 3.8) is 0 Å². The minimum atomic E-state index is -0.821. The first-order chi connectivity index (χ1) is 16.9. The SMILES string of the molecule is COc1ccc(C(/C=C/CNC(C)CC(=O)O)(c2ccc(OC)cc2)c2ccc(OC)cc2)cc1. The van der Waals surface area contributed by atoms with Gasteiger partial charge in [-0.3, -0.25) is 4.79 Å². The molecule has 6 nitrogen and oxygen atoms in total. The second-order valence-corrected chi connectivity index (χ2v) is 8.30. The Hall–Kier alpha value is -3.77. The van der Waals surface area contributed by atoms with Crippen molar-refractivity contribution in [3.05, 3.63) is 102 Å². The topological polar surface area (TPSA) is 77.0 Å². The van der Waals surface area contributed by atoms with Crippen molar-refractivity contribution >= 4 is 5.97 Å². The lowest BCUT2D eigenvalue weighted by Gasteiger charge is -2.33. The van der Waals surface area contributed by atoms with Crippen molar-refractivity contribution in [3.8, 4) is 17.2 Å². The van der Waals surface area contributed by atoms with Crippen LogP contribution in [0.3, 0.4) is 0 Å². The first-order valence-electron chi connectivity index (χ1n) is 11.5. The third-order valence-corrected chi connectivity index (χ3v) is 6.07. The van der Waals surface area contributed by atoms with E-state index in [1.54, 1.807) is 21.3 Å². The molecule has 0 amide bonds. The normalized spacial score (nSPS) is 12.3. The van der Waals surface area contributed by atoms with Crippen molar-refractivity contribution in [2.24, 2.45) is 0 Å². The van der Waals surface area contributed by atoms with E-state index in [2.05, 4.69) is 53.9 Å². The zero-order valence-corrected chi connectivity index (χ0v) is 20.7. The predicted molar refractivity (Wildman–Crippen MR) is 138 cm³/mol. The molecule has 184 valence electrons. The molecule has 35 heavy (non-hydrogen) atoms. The number of methoxy groups -OCH3 is 3. The van der Waals surface area contributed by atoms with Gasteiger partial charge in [0.2, 0.25) is 0 Å². The van der Waals surface area contributed by atoms with Crippen LogP contribution in [0.25, 0.3) is 0 Å². The summed E-state index contributed by atoms with van der Waals surface area (Å²) in [6.45, 7) is 2.39. The van der Waals surface area contributed by atoms with E-state index in [0.717, 1.165) is 33.9 Å². The molecule has 0 spiro atoms. The maximum absolute atomic E-state index is 11.0. The minimum absolute atomic E-state index is 0.0639. The summed E-state index contributed by atoms with van der Waals surface area (Å²) in [5.41, 5.74) is 2.55. The molecule has 3 aromatic rings. The molecule has 0 bridgehead atoms. The fraction of sp³-hybridized carbons (Fsp3) is 0.276. The molecule has 0 aliphatic carbocycles. The number of nitrogens with one attached hydrogen (secondary N) is 1. The number of hydrogen-bond donors (Lipinski definition) is 2. The first kappa shape index (κ1) is 25.8. The summed E-state index contributed by atoms with van der Waals surface area (Å²) in [5.74, 6) is 1.51. The van der Waals surface area contributed by atoms with Crippen LogP contribution in [0.1, 0.15) is 30.0 Å². The maximum Gasteiger partial charge on any atom is 0.304 e. The highest BCUT2D eigenvalue weighted by Crippen LogP contribution is 2.42. The van der Waals surface area contributed by atoms with Crippen LogP contribution >= 0.6 is 0 Å². The summed E-state index contributed by atoms with van der Waals surface area (Å²) in [4.78, 5) is 11.0. The van der Waals surface area contributed by atoms with E-state index in [1.807, 2.05) is 43.3 Å². The number of carboxylic acids is 1. The molecule has 0 saturated heterocycles. The first-order valence-corrected chi connectivity index (χ1v) is 11.5. The Balaban J connectivity index is 2.14. The summed E-state index contributed by atoms with van der Waals surface area (Å²) in [7, 11) is 4.96. The second kappa shape index (κ2) is 12.1. The van der Waals surface area contributed by atoms with Crippen LogP contribution in [-0.4, -0.2) is 45.0 Å². The van der Waals surface area contributed by atoms with Gasteiger partial charge in [-0.2, -0.15) is 0 Å². The number of aliphatic carboxylic acids is 1. The molecule has 0 heterocycles. The molecule has 0 aromatic heterocycles. The van der Waals surface area contributed by atoms with E-state index in [1.165, 1.54) is 0 Å².